The highest BCUT2D eigenvalue weighted by Crippen LogP contribution is 2.26. The summed E-state index contributed by atoms with van der Waals surface area (Å²) in [4.78, 5) is 28.3. The summed E-state index contributed by atoms with van der Waals surface area (Å²) in [5.41, 5.74) is 1.85. The van der Waals surface area contributed by atoms with Gasteiger partial charge in [-0.15, -0.1) is 11.3 Å². The largest absolute Gasteiger partial charge is 0.497 e. The van der Waals surface area contributed by atoms with Gasteiger partial charge in [0.05, 0.1) is 39.9 Å². The van der Waals surface area contributed by atoms with Crippen molar-refractivity contribution >= 4 is 23.2 Å². The van der Waals surface area contributed by atoms with Crippen molar-refractivity contribution in [2.45, 2.75) is 19.5 Å². The van der Waals surface area contributed by atoms with E-state index >= 15 is 0 Å². The van der Waals surface area contributed by atoms with E-state index in [1.165, 1.54) is 0 Å². The van der Waals surface area contributed by atoms with Crippen LogP contribution in [0.25, 0.3) is 0 Å². The van der Waals surface area contributed by atoms with Crippen LogP contribution in [-0.4, -0.2) is 50.6 Å². The molecule has 0 bridgehead atoms. The standard InChI is InChI=1S/C26H31N3O4S/c1-4-29(17-24(30)27-16-23-6-5-15-34-23)18-25(31)28-26(19-7-11-21(32-2)12-8-19)20-9-13-22(33-3)14-10-20/h5-15,26H,4,16-18H2,1-3H3,(H,27,30)(H,28,31). The van der Waals surface area contributed by atoms with Crippen LogP contribution in [0.2, 0.25) is 0 Å². The monoisotopic (exact) mass is 481 g/mol. The smallest absolute Gasteiger partial charge is 0.234 e. The Kier molecular flexibility index (Phi) is 9.49. The predicted octanol–water partition coefficient (Wildman–Crippen LogP) is 3.61. The Morgan fingerprint density at radius 3 is 1.91 bits per heavy atom. The molecule has 3 rings (SSSR count). The number of amides is 2. The molecular formula is C26H31N3O4S. The fraction of sp³-hybridized carbons (Fsp3) is 0.308. The van der Waals surface area contributed by atoms with Gasteiger partial charge in [-0.25, -0.2) is 0 Å². The third-order valence-corrected chi connectivity index (χ3v) is 6.30. The molecule has 8 heteroatoms. The molecule has 0 aliphatic heterocycles. The summed E-state index contributed by atoms with van der Waals surface area (Å²) in [6.45, 7) is 3.29. The minimum atomic E-state index is -0.351. The minimum absolute atomic E-state index is 0.107. The van der Waals surface area contributed by atoms with E-state index in [-0.39, 0.29) is 30.9 Å². The van der Waals surface area contributed by atoms with Gasteiger partial charge in [-0.3, -0.25) is 14.5 Å². The summed E-state index contributed by atoms with van der Waals surface area (Å²) in [7, 11) is 3.24. The number of likely N-dealkylation sites (N-methyl/N-ethyl adjacent to an activating group) is 1. The van der Waals surface area contributed by atoms with E-state index in [2.05, 4.69) is 10.6 Å². The second-order valence-corrected chi connectivity index (χ2v) is 8.74. The Balaban J connectivity index is 1.66. The molecule has 0 atom stereocenters. The van der Waals surface area contributed by atoms with Gasteiger partial charge in [0, 0.05) is 4.88 Å². The molecule has 1 aromatic heterocycles. The van der Waals surface area contributed by atoms with E-state index in [1.54, 1.807) is 25.6 Å². The van der Waals surface area contributed by atoms with E-state index in [1.807, 2.05) is 77.9 Å². The van der Waals surface area contributed by atoms with Crippen molar-refractivity contribution in [2.75, 3.05) is 33.9 Å². The van der Waals surface area contributed by atoms with Gasteiger partial charge in [-0.05, 0) is 53.4 Å². The number of nitrogens with one attached hydrogen (secondary N) is 2. The van der Waals surface area contributed by atoms with Crippen LogP contribution in [0.4, 0.5) is 0 Å². The van der Waals surface area contributed by atoms with Crippen LogP contribution in [0.15, 0.2) is 66.0 Å². The zero-order chi connectivity index (χ0) is 24.3. The van der Waals surface area contributed by atoms with Crippen molar-refractivity contribution in [3.63, 3.8) is 0 Å². The molecular weight excluding hydrogens is 450 g/mol. The molecule has 0 saturated carbocycles. The van der Waals surface area contributed by atoms with Gasteiger partial charge < -0.3 is 20.1 Å². The molecule has 7 nitrogen and oxygen atoms in total. The maximum Gasteiger partial charge on any atom is 0.234 e. The van der Waals surface area contributed by atoms with E-state index in [0.29, 0.717) is 13.1 Å². The number of ether oxygens (including phenoxy) is 2. The fourth-order valence-electron chi connectivity index (χ4n) is 3.50. The van der Waals surface area contributed by atoms with Crippen LogP contribution in [0.3, 0.4) is 0 Å². The lowest BCUT2D eigenvalue weighted by molar-refractivity contribution is -0.125. The summed E-state index contributed by atoms with van der Waals surface area (Å²) in [6.07, 6.45) is 0. The highest BCUT2D eigenvalue weighted by Gasteiger charge is 2.20. The number of hydrogen-bond donors (Lipinski definition) is 2. The number of nitrogens with zero attached hydrogens (tertiary/aromatic N) is 1. The molecule has 2 N–H and O–H groups in total. The first-order valence-corrected chi connectivity index (χ1v) is 12.0. The van der Waals surface area contributed by atoms with Gasteiger partial charge in [-0.1, -0.05) is 37.3 Å². The highest BCUT2D eigenvalue weighted by molar-refractivity contribution is 7.09. The van der Waals surface area contributed by atoms with Crippen LogP contribution >= 0.6 is 11.3 Å². The minimum Gasteiger partial charge on any atom is -0.497 e. The molecule has 2 amide bonds. The maximum absolute atomic E-state index is 13.0. The van der Waals surface area contributed by atoms with Crippen LogP contribution in [0.1, 0.15) is 29.0 Å². The molecule has 0 spiro atoms. The molecule has 0 fully saturated rings. The molecule has 3 aromatic rings. The molecule has 0 radical (unpaired) electrons. The maximum atomic E-state index is 13.0. The summed E-state index contributed by atoms with van der Waals surface area (Å²) < 4.78 is 10.5. The Bertz CT molecular complexity index is 989. The van der Waals surface area contributed by atoms with Gasteiger partial charge in [-0.2, -0.15) is 0 Å². The van der Waals surface area contributed by atoms with Crippen molar-refractivity contribution in [1.29, 1.82) is 0 Å². The molecule has 2 aromatic carbocycles. The van der Waals surface area contributed by atoms with Crippen molar-refractivity contribution in [1.82, 2.24) is 15.5 Å². The number of thiophene rings is 1. The lowest BCUT2D eigenvalue weighted by Crippen LogP contribution is -2.43. The molecule has 0 unspecified atom stereocenters. The number of benzene rings is 2. The highest BCUT2D eigenvalue weighted by atomic mass is 32.1. The molecule has 0 aliphatic rings. The third-order valence-electron chi connectivity index (χ3n) is 5.43. The van der Waals surface area contributed by atoms with Crippen molar-refractivity contribution < 1.29 is 19.1 Å². The molecule has 0 aliphatic carbocycles. The molecule has 0 saturated heterocycles. The number of carbonyl (C=O) groups is 2. The fourth-order valence-corrected chi connectivity index (χ4v) is 4.14. The van der Waals surface area contributed by atoms with Gasteiger partial charge in [0.25, 0.3) is 0 Å². The van der Waals surface area contributed by atoms with E-state index in [0.717, 1.165) is 27.5 Å². The van der Waals surface area contributed by atoms with Crippen LogP contribution in [0, 0.1) is 0 Å². The predicted molar refractivity (Wildman–Crippen MR) is 134 cm³/mol. The second-order valence-electron chi connectivity index (χ2n) is 7.71. The Hall–Kier alpha value is -3.36. The molecule has 1 heterocycles. The number of carbonyl (C=O) groups excluding carboxylic acids is 2. The third kappa shape index (κ3) is 7.33. The Labute approximate surface area is 204 Å². The normalized spacial score (nSPS) is 10.9. The summed E-state index contributed by atoms with van der Waals surface area (Å²) >= 11 is 1.60. The first-order valence-electron chi connectivity index (χ1n) is 11.1. The lowest BCUT2D eigenvalue weighted by Gasteiger charge is -2.24. The van der Waals surface area contributed by atoms with Crippen molar-refractivity contribution in [3.8, 4) is 11.5 Å². The number of rotatable bonds is 12. The Morgan fingerprint density at radius 2 is 1.44 bits per heavy atom. The second kappa shape index (κ2) is 12.8. The van der Waals surface area contributed by atoms with Crippen LogP contribution in [0.5, 0.6) is 11.5 Å². The SMILES string of the molecule is CCN(CC(=O)NCc1cccs1)CC(=O)NC(c1ccc(OC)cc1)c1ccc(OC)cc1. The van der Waals surface area contributed by atoms with E-state index in [4.69, 9.17) is 9.47 Å². The zero-order valence-corrected chi connectivity index (χ0v) is 20.6. The van der Waals surface area contributed by atoms with Crippen LogP contribution < -0.4 is 20.1 Å². The molecule has 34 heavy (non-hydrogen) atoms. The number of methoxy groups -OCH3 is 2. The average Bonchev–Trinajstić information content (AvgIpc) is 3.39. The quantitative estimate of drug-likeness (QED) is 0.413. The van der Waals surface area contributed by atoms with Crippen molar-refractivity contribution in [2.24, 2.45) is 0 Å². The van der Waals surface area contributed by atoms with Gasteiger partial charge in [0.15, 0.2) is 0 Å². The Morgan fingerprint density at radius 1 is 0.882 bits per heavy atom. The lowest BCUT2D eigenvalue weighted by atomic mass is 9.98. The average molecular weight is 482 g/mol. The van der Waals surface area contributed by atoms with Crippen molar-refractivity contribution in [3.05, 3.63) is 82.0 Å². The van der Waals surface area contributed by atoms with Gasteiger partial charge >= 0.3 is 0 Å². The number of hydrogen-bond acceptors (Lipinski definition) is 6. The topological polar surface area (TPSA) is 79.9 Å². The van der Waals surface area contributed by atoms with Crippen LogP contribution in [-0.2, 0) is 16.1 Å². The first-order chi connectivity index (χ1) is 16.5. The molecule has 180 valence electrons. The zero-order valence-electron chi connectivity index (χ0n) is 19.7. The summed E-state index contributed by atoms with van der Waals surface area (Å²) in [5, 5.41) is 8.01. The first kappa shape index (κ1) is 25.3. The van der Waals surface area contributed by atoms with E-state index < -0.39 is 0 Å². The van der Waals surface area contributed by atoms with Gasteiger partial charge in [0.1, 0.15) is 11.5 Å². The van der Waals surface area contributed by atoms with E-state index in [9.17, 15) is 9.59 Å². The summed E-state index contributed by atoms with van der Waals surface area (Å²) in [5.74, 6) is 1.22. The summed E-state index contributed by atoms with van der Waals surface area (Å²) in [6, 6.07) is 18.8. The van der Waals surface area contributed by atoms with Gasteiger partial charge in [0.2, 0.25) is 11.8 Å².